The number of halogens is 2. The molecule has 0 aliphatic carbocycles. The summed E-state index contributed by atoms with van der Waals surface area (Å²) in [4.78, 5) is 12.3. The van der Waals surface area contributed by atoms with Gasteiger partial charge in [0.25, 0.3) is 0 Å². The maximum Gasteiger partial charge on any atom is 0.160 e. The van der Waals surface area contributed by atoms with Gasteiger partial charge in [0, 0.05) is 11.9 Å². The molecule has 0 aliphatic rings. The Morgan fingerprint density at radius 2 is 1.78 bits per heavy atom. The second-order valence-corrected chi connectivity index (χ2v) is 4.99. The van der Waals surface area contributed by atoms with Crippen LogP contribution in [-0.4, -0.2) is 15.0 Å². The van der Waals surface area contributed by atoms with Crippen LogP contribution in [0.15, 0.2) is 48.9 Å². The van der Waals surface area contributed by atoms with Crippen molar-refractivity contribution in [3.63, 3.8) is 0 Å². The van der Waals surface area contributed by atoms with Crippen molar-refractivity contribution in [1.29, 1.82) is 0 Å². The number of hydrogen-bond donors (Lipinski definition) is 3. The molecule has 0 fully saturated rings. The average molecular weight is 331 g/mol. The first-order valence-electron chi connectivity index (χ1n) is 6.64. The number of nitrogen functional groups attached to an aromatic ring is 1. The van der Waals surface area contributed by atoms with Gasteiger partial charge in [-0.2, -0.15) is 0 Å². The molecule has 1 aromatic carbocycles. The summed E-state index contributed by atoms with van der Waals surface area (Å²) in [5, 5.41) is 5.99. The first-order chi connectivity index (χ1) is 11.1. The maximum absolute atomic E-state index is 13.2. The minimum Gasteiger partial charge on any atom is -0.393 e. The van der Waals surface area contributed by atoms with Crippen molar-refractivity contribution in [2.24, 2.45) is 0 Å². The summed E-state index contributed by atoms with van der Waals surface area (Å²) in [6.07, 6.45) is 3.01. The molecule has 2 heterocycles. The summed E-state index contributed by atoms with van der Waals surface area (Å²) < 4.78 is 13.2. The molecule has 0 atom stereocenters. The molecule has 116 valence electrons. The SMILES string of the molecule is Nc1c(Nc2ccc(F)c(Cl)c2)ncnc1Nc1ccccn1. The van der Waals surface area contributed by atoms with Gasteiger partial charge in [0.05, 0.1) is 5.02 Å². The molecule has 0 saturated carbocycles. The zero-order valence-corrected chi connectivity index (χ0v) is 12.5. The summed E-state index contributed by atoms with van der Waals surface area (Å²) in [6, 6.07) is 9.68. The van der Waals surface area contributed by atoms with Gasteiger partial charge in [-0.1, -0.05) is 17.7 Å². The Morgan fingerprint density at radius 3 is 2.48 bits per heavy atom. The van der Waals surface area contributed by atoms with Crippen LogP contribution in [0.1, 0.15) is 0 Å². The van der Waals surface area contributed by atoms with Crippen LogP contribution in [0.3, 0.4) is 0 Å². The monoisotopic (exact) mass is 330 g/mol. The fourth-order valence-electron chi connectivity index (χ4n) is 1.86. The van der Waals surface area contributed by atoms with Crippen molar-refractivity contribution in [3.8, 4) is 0 Å². The highest BCUT2D eigenvalue weighted by atomic mass is 35.5. The Balaban J connectivity index is 1.86. The Hall–Kier alpha value is -2.93. The molecule has 8 heteroatoms. The van der Waals surface area contributed by atoms with Crippen LogP contribution >= 0.6 is 11.6 Å². The number of aromatic nitrogens is 3. The summed E-state index contributed by atoms with van der Waals surface area (Å²) in [6.45, 7) is 0. The molecule has 3 aromatic rings. The Labute approximate surface area is 136 Å². The second-order valence-electron chi connectivity index (χ2n) is 4.58. The van der Waals surface area contributed by atoms with E-state index in [2.05, 4.69) is 25.6 Å². The molecule has 0 saturated heterocycles. The van der Waals surface area contributed by atoms with E-state index in [-0.39, 0.29) is 5.02 Å². The molecule has 0 unspecified atom stereocenters. The van der Waals surface area contributed by atoms with Crippen molar-refractivity contribution < 1.29 is 4.39 Å². The van der Waals surface area contributed by atoms with Crippen LogP contribution in [0.5, 0.6) is 0 Å². The number of rotatable bonds is 4. The van der Waals surface area contributed by atoms with Crippen molar-refractivity contribution in [3.05, 3.63) is 59.8 Å². The van der Waals surface area contributed by atoms with Crippen LogP contribution in [0.4, 0.5) is 33.2 Å². The highest BCUT2D eigenvalue weighted by molar-refractivity contribution is 6.31. The van der Waals surface area contributed by atoms with Crippen molar-refractivity contribution in [2.45, 2.75) is 0 Å². The number of nitrogens with one attached hydrogen (secondary N) is 2. The molecule has 6 nitrogen and oxygen atoms in total. The lowest BCUT2D eigenvalue weighted by Gasteiger charge is -2.12. The number of pyridine rings is 1. The maximum atomic E-state index is 13.2. The van der Waals surface area contributed by atoms with E-state index in [1.54, 1.807) is 18.3 Å². The van der Waals surface area contributed by atoms with E-state index < -0.39 is 5.82 Å². The van der Waals surface area contributed by atoms with Gasteiger partial charge in [0.2, 0.25) is 0 Å². The molecule has 0 radical (unpaired) electrons. The normalized spacial score (nSPS) is 10.3. The van der Waals surface area contributed by atoms with Gasteiger partial charge in [-0.25, -0.2) is 19.3 Å². The van der Waals surface area contributed by atoms with Gasteiger partial charge < -0.3 is 16.4 Å². The third-order valence-electron chi connectivity index (χ3n) is 2.98. The van der Waals surface area contributed by atoms with Gasteiger partial charge in [-0.05, 0) is 30.3 Å². The van der Waals surface area contributed by atoms with Crippen LogP contribution in [0.25, 0.3) is 0 Å². The quantitative estimate of drug-likeness (QED) is 0.675. The highest BCUT2D eigenvalue weighted by Crippen LogP contribution is 2.28. The van der Waals surface area contributed by atoms with Gasteiger partial charge in [-0.3, -0.25) is 0 Å². The Bertz CT molecular complexity index is 827. The smallest absolute Gasteiger partial charge is 0.160 e. The number of nitrogens with zero attached hydrogens (tertiary/aromatic N) is 3. The van der Waals surface area contributed by atoms with E-state index in [0.29, 0.717) is 28.8 Å². The lowest BCUT2D eigenvalue weighted by molar-refractivity contribution is 0.628. The Morgan fingerprint density at radius 1 is 1.00 bits per heavy atom. The predicted molar refractivity (Wildman–Crippen MR) is 88.7 cm³/mol. The molecule has 0 amide bonds. The lowest BCUT2D eigenvalue weighted by Crippen LogP contribution is -2.05. The molecule has 2 aromatic heterocycles. The summed E-state index contributed by atoms with van der Waals surface area (Å²) >= 11 is 5.76. The van der Waals surface area contributed by atoms with Gasteiger partial charge in [0.15, 0.2) is 11.6 Å². The molecular formula is C15H12ClFN6. The molecule has 0 bridgehead atoms. The minimum absolute atomic E-state index is 0.00876. The third-order valence-corrected chi connectivity index (χ3v) is 3.27. The van der Waals surface area contributed by atoms with E-state index in [0.717, 1.165) is 0 Å². The van der Waals surface area contributed by atoms with E-state index in [9.17, 15) is 4.39 Å². The fraction of sp³-hybridized carbons (Fsp3) is 0. The zero-order chi connectivity index (χ0) is 16.2. The fourth-order valence-corrected chi connectivity index (χ4v) is 2.04. The van der Waals surface area contributed by atoms with Crippen LogP contribution in [0, 0.1) is 5.82 Å². The minimum atomic E-state index is -0.495. The number of anilines is 5. The molecule has 0 aliphatic heterocycles. The molecule has 4 N–H and O–H groups in total. The van der Waals surface area contributed by atoms with Crippen molar-refractivity contribution >= 4 is 40.4 Å². The third kappa shape index (κ3) is 3.46. The van der Waals surface area contributed by atoms with Gasteiger partial charge in [-0.15, -0.1) is 0 Å². The molecular weight excluding hydrogens is 319 g/mol. The zero-order valence-electron chi connectivity index (χ0n) is 11.8. The topological polar surface area (TPSA) is 88.8 Å². The second kappa shape index (κ2) is 6.45. The molecule has 23 heavy (non-hydrogen) atoms. The highest BCUT2D eigenvalue weighted by Gasteiger charge is 2.10. The Kier molecular flexibility index (Phi) is 4.20. The van der Waals surface area contributed by atoms with Crippen molar-refractivity contribution in [2.75, 3.05) is 16.4 Å². The summed E-state index contributed by atoms with van der Waals surface area (Å²) in [7, 11) is 0. The van der Waals surface area contributed by atoms with Gasteiger partial charge in [0.1, 0.15) is 23.6 Å². The van der Waals surface area contributed by atoms with Crippen LogP contribution < -0.4 is 16.4 Å². The van der Waals surface area contributed by atoms with Crippen LogP contribution in [-0.2, 0) is 0 Å². The molecule has 0 spiro atoms. The number of nitrogens with two attached hydrogens (primary N) is 1. The summed E-state index contributed by atoms with van der Waals surface area (Å²) in [5.41, 5.74) is 6.93. The van der Waals surface area contributed by atoms with E-state index >= 15 is 0 Å². The van der Waals surface area contributed by atoms with Crippen LogP contribution in [0.2, 0.25) is 5.02 Å². The molecule has 3 rings (SSSR count). The van der Waals surface area contributed by atoms with Crippen molar-refractivity contribution in [1.82, 2.24) is 15.0 Å². The number of hydrogen-bond acceptors (Lipinski definition) is 6. The average Bonchev–Trinajstić information content (AvgIpc) is 2.56. The summed E-state index contributed by atoms with van der Waals surface area (Å²) in [5.74, 6) is 0.898. The lowest BCUT2D eigenvalue weighted by atomic mass is 10.3. The first-order valence-corrected chi connectivity index (χ1v) is 7.02. The first kappa shape index (κ1) is 15.0. The number of benzene rings is 1. The van der Waals surface area contributed by atoms with E-state index in [1.165, 1.54) is 24.5 Å². The van der Waals surface area contributed by atoms with E-state index in [1.807, 2.05) is 6.07 Å². The standard InChI is InChI=1S/C15H12ClFN6/c16-10-7-9(4-5-11(10)17)22-14-13(18)15(21-8-20-14)23-12-3-1-2-6-19-12/h1-8H,18H2,(H2,19,20,21,22,23). The van der Waals surface area contributed by atoms with Gasteiger partial charge >= 0.3 is 0 Å². The predicted octanol–water partition coefficient (Wildman–Crippen LogP) is 3.73. The van der Waals surface area contributed by atoms with E-state index in [4.69, 9.17) is 17.3 Å². The largest absolute Gasteiger partial charge is 0.393 e.